The van der Waals surface area contributed by atoms with Crippen LogP contribution in [0, 0.1) is 6.92 Å². The summed E-state index contributed by atoms with van der Waals surface area (Å²) >= 11 is 0. The van der Waals surface area contributed by atoms with Gasteiger partial charge in [0.1, 0.15) is 6.54 Å². The fourth-order valence-electron chi connectivity index (χ4n) is 4.06. The van der Waals surface area contributed by atoms with Gasteiger partial charge in [0.25, 0.3) is 5.56 Å². The Morgan fingerprint density at radius 3 is 2.64 bits per heavy atom. The van der Waals surface area contributed by atoms with Crippen LogP contribution >= 0.6 is 0 Å². The van der Waals surface area contributed by atoms with E-state index < -0.39 is 0 Å². The minimum Gasteiger partial charge on any atom is -0.391 e. The summed E-state index contributed by atoms with van der Waals surface area (Å²) in [6, 6.07) is 3.83. The number of aryl methyl sites for hydroxylation is 1. The fraction of sp³-hybridized carbons (Fsp3) is 0.684. The van der Waals surface area contributed by atoms with E-state index in [4.69, 9.17) is 0 Å². The van der Waals surface area contributed by atoms with Gasteiger partial charge < -0.3 is 15.0 Å². The van der Waals surface area contributed by atoms with Crippen molar-refractivity contribution >= 4 is 5.91 Å². The lowest BCUT2D eigenvalue weighted by Gasteiger charge is -2.41. The number of aliphatic hydroxyl groups excluding tert-OH is 1. The van der Waals surface area contributed by atoms with Crippen molar-refractivity contribution in [3.05, 3.63) is 34.2 Å². The largest absolute Gasteiger partial charge is 0.391 e. The van der Waals surface area contributed by atoms with Crippen LogP contribution in [0.2, 0.25) is 0 Å². The van der Waals surface area contributed by atoms with E-state index in [-0.39, 0.29) is 36.2 Å². The Morgan fingerprint density at radius 2 is 1.96 bits per heavy atom. The van der Waals surface area contributed by atoms with Gasteiger partial charge in [-0.2, -0.15) is 0 Å². The zero-order valence-electron chi connectivity index (χ0n) is 15.0. The summed E-state index contributed by atoms with van der Waals surface area (Å²) in [6.07, 6.45) is 7.58. The van der Waals surface area contributed by atoms with Gasteiger partial charge in [0.15, 0.2) is 0 Å². The van der Waals surface area contributed by atoms with Crippen molar-refractivity contribution in [1.82, 2.24) is 14.8 Å². The smallest absolute Gasteiger partial charge is 0.251 e. The number of hydrogen-bond acceptors (Lipinski definition) is 4. The minimum atomic E-state index is -0.201. The van der Waals surface area contributed by atoms with E-state index in [0.29, 0.717) is 0 Å². The van der Waals surface area contributed by atoms with E-state index in [1.807, 2.05) is 13.0 Å². The second-order valence-corrected chi connectivity index (χ2v) is 7.47. The van der Waals surface area contributed by atoms with Crippen LogP contribution in [-0.2, 0) is 11.3 Å². The molecule has 1 aromatic heterocycles. The first-order valence-corrected chi connectivity index (χ1v) is 9.41. The maximum absolute atomic E-state index is 12.2. The number of pyridine rings is 1. The fourth-order valence-corrected chi connectivity index (χ4v) is 4.06. The molecule has 1 amide bonds. The summed E-state index contributed by atoms with van der Waals surface area (Å²) < 4.78 is 1.44. The summed E-state index contributed by atoms with van der Waals surface area (Å²) in [4.78, 5) is 26.5. The maximum Gasteiger partial charge on any atom is 0.251 e. The van der Waals surface area contributed by atoms with Gasteiger partial charge in [-0.1, -0.05) is 12.8 Å². The summed E-state index contributed by atoms with van der Waals surface area (Å²) in [5.41, 5.74) is 0.759. The highest BCUT2D eigenvalue weighted by Gasteiger charge is 2.31. The standard InChI is InChI=1S/C19H29N3O3/c1-14-6-9-22(19(25)12-14)13-18(24)20-15-7-10-21(11-8-15)16-4-2-3-5-17(16)23/h6,9,12,15-17,23H,2-5,7-8,10-11,13H2,1H3,(H,20,24)/t16-,17-/m1/s1. The first-order valence-electron chi connectivity index (χ1n) is 9.41. The molecule has 25 heavy (non-hydrogen) atoms. The first kappa shape index (κ1) is 18.1. The number of hydrogen-bond donors (Lipinski definition) is 2. The lowest BCUT2D eigenvalue weighted by atomic mass is 9.89. The second-order valence-electron chi connectivity index (χ2n) is 7.47. The summed E-state index contributed by atoms with van der Waals surface area (Å²) in [6.45, 7) is 3.76. The lowest BCUT2D eigenvalue weighted by Crippen LogP contribution is -2.52. The monoisotopic (exact) mass is 347 g/mol. The molecule has 1 aliphatic carbocycles. The quantitative estimate of drug-likeness (QED) is 0.853. The number of rotatable bonds is 4. The van der Waals surface area contributed by atoms with Gasteiger partial charge in [-0.25, -0.2) is 0 Å². The molecule has 6 heteroatoms. The normalized spacial score (nSPS) is 25.7. The van der Waals surface area contributed by atoms with Crippen molar-refractivity contribution < 1.29 is 9.90 Å². The SMILES string of the molecule is Cc1ccn(CC(=O)NC2CCN([C@@H]3CCCC[C@H]3O)CC2)c(=O)c1. The molecule has 2 atom stereocenters. The number of nitrogens with one attached hydrogen (secondary N) is 1. The molecule has 2 fully saturated rings. The highest BCUT2D eigenvalue weighted by atomic mass is 16.3. The van der Waals surface area contributed by atoms with Crippen LogP contribution in [0.4, 0.5) is 0 Å². The van der Waals surface area contributed by atoms with Crippen LogP contribution in [-0.4, -0.2) is 51.8 Å². The first-order chi connectivity index (χ1) is 12.0. The Bertz CT molecular complexity index is 650. The van der Waals surface area contributed by atoms with E-state index in [2.05, 4.69) is 10.2 Å². The Morgan fingerprint density at radius 1 is 1.24 bits per heavy atom. The lowest BCUT2D eigenvalue weighted by molar-refractivity contribution is -0.122. The Kier molecular flexibility index (Phi) is 5.91. The molecular weight excluding hydrogens is 318 g/mol. The van der Waals surface area contributed by atoms with E-state index in [1.165, 1.54) is 11.0 Å². The molecule has 0 spiro atoms. The zero-order valence-corrected chi connectivity index (χ0v) is 15.0. The van der Waals surface area contributed by atoms with Crippen molar-refractivity contribution in [3.8, 4) is 0 Å². The molecular formula is C19H29N3O3. The predicted octanol–water partition coefficient (Wildman–Crippen LogP) is 1.04. The number of carbonyl (C=O) groups excluding carboxylic acids is 1. The summed E-state index contributed by atoms with van der Waals surface area (Å²) in [5.74, 6) is -0.109. The number of likely N-dealkylation sites (tertiary alicyclic amines) is 1. The zero-order chi connectivity index (χ0) is 17.8. The minimum absolute atomic E-state index is 0.0701. The summed E-state index contributed by atoms with van der Waals surface area (Å²) in [7, 11) is 0. The van der Waals surface area contributed by atoms with Crippen LogP contribution in [0.25, 0.3) is 0 Å². The van der Waals surface area contributed by atoms with Crippen LogP contribution in [0.1, 0.15) is 44.1 Å². The van der Waals surface area contributed by atoms with Crippen molar-refractivity contribution in [2.45, 2.75) is 70.2 Å². The average molecular weight is 347 g/mol. The van der Waals surface area contributed by atoms with Crippen molar-refractivity contribution in [2.24, 2.45) is 0 Å². The number of nitrogens with zero attached hydrogens (tertiary/aromatic N) is 2. The van der Waals surface area contributed by atoms with Gasteiger partial charge in [-0.15, -0.1) is 0 Å². The molecule has 6 nitrogen and oxygen atoms in total. The topological polar surface area (TPSA) is 74.6 Å². The Balaban J connectivity index is 1.47. The predicted molar refractivity (Wildman–Crippen MR) is 96.4 cm³/mol. The molecule has 2 N–H and O–H groups in total. The molecule has 0 aromatic carbocycles. The van der Waals surface area contributed by atoms with Crippen molar-refractivity contribution in [1.29, 1.82) is 0 Å². The van der Waals surface area contributed by atoms with Gasteiger partial charge in [0.2, 0.25) is 5.91 Å². The number of aromatic nitrogens is 1. The van der Waals surface area contributed by atoms with Gasteiger partial charge in [-0.3, -0.25) is 14.5 Å². The van der Waals surface area contributed by atoms with Gasteiger partial charge in [0, 0.05) is 37.4 Å². The molecule has 1 aromatic rings. The van der Waals surface area contributed by atoms with E-state index in [1.54, 1.807) is 12.3 Å². The third-order valence-corrected chi connectivity index (χ3v) is 5.52. The van der Waals surface area contributed by atoms with E-state index in [0.717, 1.165) is 50.8 Å². The van der Waals surface area contributed by atoms with Crippen LogP contribution in [0.15, 0.2) is 23.1 Å². The van der Waals surface area contributed by atoms with E-state index in [9.17, 15) is 14.7 Å². The summed E-state index contributed by atoms with van der Waals surface area (Å²) in [5, 5.41) is 13.3. The molecule has 1 saturated heterocycles. The van der Waals surface area contributed by atoms with Gasteiger partial charge in [-0.05, 0) is 44.2 Å². The Labute approximate surface area is 148 Å². The van der Waals surface area contributed by atoms with E-state index >= 15 is 0 Å². The second kappa shape index (κ2) is 8.15. The third kappa shape index (κ3) is 4.70. The number of amides is 1. The van der Waals surface area contributed by atoms with Crippen LogP contribution < -0.4 is 10.9 Å². The van der Waals surface area contributed by atoms with Gasteiger partial charge >= 0.3 is 0 Å². The maximum atomic E-state index is 12.2. The molecule has 2 aliphatic rings. The molecule has 138 valence electrons. The molecule has 0 radical (unpaired) electrons. The molecule has 0 unspecified atom stereocenters. The third-order valence-electron chi connectivity index (χ3n) is 5.52. The van der Waals surface area contributed by atoms with Crippen LogP contribution in [0.3, 0.4) is 0 Å². The molecule has 1 aliphatic heterocycles. The highest BCUT2D eigenvalue weighted by molar-refractivity contribution is 5.76. The number of piperidine rings is 1. The molecule has 0 bridgehead atoms. The van der Waals surface area contributed by atoms with Crippen molar-refractivity contribution in [2.75, 3.05) is 13.1 Å². The van der Waals surface area contributed by atoms with Crippen LogP contribution in [0.5, 0.6) is 0 Å². The Hall–Kier alpha value is -1.66. The number of carbonyl (C=O) groups is 1. The average Bonchev–Trinajstić information content (AvgIpc) is 2.59. The number of aliphatic hydroxyl groups is 1. The van der Waals surface area contributed by atoms with Crippen molar-refractivity contribution in [3.63, 3.8) is 0 Å². The molecule has 2 heterocycles. The molecule has 1 saturated carbocycles. The van der Waals surface area contributed by atoms with Gasteiger partial charge in [0.05, 0.1) is 6.10 Å². The highest BCUT2D eigenvalue weighted by Crippen LogP contribution is 2.25. The molecule has 3 rings (SSSR count).